The molecule has 5 N–H and O–H groups in total. The van der Waals surface area contributed by atoms with Gasteiger partial charge in [0.05, 0.1) is 24.6 Å². The van der Waals surface area contributed by atoms with E-state index in [9.17, 15) is 24.7 Å². The van der Waals surface area contributed by atoms with Crippen molar-refractivity contribution in [2.75, 3.05) is 13.7 Å². The molecule has 0 bridgehead atoms. The van der Waals surface area contributed by atoms with Crippen molar-refractivity contribution in [1.82, 2.24) is 14.6 Å². The molecule has 13 nitrogen and oxygen atoms in total. The predicted molar refractivity (Wildman–Crippen MR) is 135 cm³/mol. The Kier molecular flexibility index (Phi) is 9.53. The van der Waals surface area contributed by atoms with E-state index in [0.29, 0.717) is 5.75 Å². The molecular formula is C22H30N3O10PS. The number of allylic oxidation sites excluding steroid dienone is 1. The van der Waals surface area contributed by atoms with Crippen molar-refractivity contribution < 1.29 is 38.6 Å². The van der Waals surface area contributed by atoms with Gasteiger partial charge in [-0.15, -0.1) is 0 Å². The Morgan fingerprint density at radius 3 is 2.54 bits per heavy atom. The van der Waals surface area contributed by atoms with Crippen molar-refractivity contribution in [3.8, 4) is 11.5 Å². The number of nitrogens with zero attached hydrogens (tertiary/aromatic N) is 1. The van der Waals surface area contributed by atoms with Crippen molar-refractivity contribution in [2.45, 2.75) is 51.4 Å². The summed E-state index contributed by atoms with van der Waals surface area (Å²) < 4.78 is 28.2. The summed E-state index contributed by atoms with van der Waals surface area (Å²) in [6, 6.07) is 8.77. The van der Waals surface area contributed by atoms with Crippen molar-refractivity contribution >= 4 is 18.4 Å². The molecule has 37 heavy (non-hydrogen) atoms. The number of benzene rings is 1. The molecule has 0 unspecified atom stereocenters. The summed E-state index contributed by atoms with van der Waals surface area (Å²) >= 11 is 5.18. The number of rotatable bonds is 11. The van der Waals surface area contributed by atoms with Gasteiger partial charge in [0.15, 0.2) is 6.23 Å². The fourth-order valence-corrected chi connectivity index (χ4v) is 5.00. The van der Waals surface area contributed by atoms with Crippen LogP contribution in [0.5, 0.6) is 11.5 Å². The second-order valence-corrected chi connectivity index (χ2v) is 11.3. The molecule has 204 valence electrons. The Hall–Kier alpha value is -2.71. The quantitative estimate of drug-likeness (QED) is 0.193. The summed E-state index contributed by atoms with van der Waals surface area (Å²) in [7, 11) is 1.38. The van der Waals surface area contributed by atoms with E-state index in [1.807, 2.05) is 11.1 Å². The molecule has 1 fully saturated rings. The van der Waals surface area contributed by atoms with E-state index in [1.165, 1.54) is 14.0 Å². The Balaban J connectivity index is 1.86. The number of nitrogens with one attached hydrogen (secondary N) is 2. The monoisotopic (exact) mass is 559 g/mol. The highest BCUT2D eigenvalue weighted by molar-refractivity contribution is 8.08. The van der Waals surface area contributed by atoms with Gasteiger partial charge >= 0.3 is 18.3 Å². The van der Waals surface area contributed by atoms with Crippen LogP contribution in [0.2, 0.25) is 0 Å². The minimum Gasteiger partial charge on any atom is -0.461 e. The fourth-order valence-electron chi connectivity index (χ4n) is 3.39. The average molecular weight is 560 g/mol. The Labute approximate surface area is 217 Å². The zero-order valence-corrected chi connectivity index (χ0v) is 22.3. The highest BCUT2D eigenvalue weighted by Gasteiger charge is 2.44. The molecule has 0 aliphatic carbocycles. The number of para-hydroxylation sites is 1. The number of aliphatic hydroxyl groups excluding tert-OH is 2. The molecule has 1 aliphatic heterocycles. The highest BCUT2D eigenvalue weighted by Crippen LogP contribution is 2.39. The van der Waals surface area contributed by atoms with Crippen LogP contribution in [0.1, 0.15) is 27.0 Å². The average Bonchev–Trinajstić information content (AvgIpc) is 3.09. The van der Waals surface area contributed by atoms with Crippen LogP contribution in [-0.4, -0.2) is 62.8 Å². The summed E-state index contributed by atoms with van der Waals surface area (Å²) in [6.45, 7) is 1.09. The number of methoxy groups -OCH3 is 1. The number of ether oxygens (including phenoxy) is 4. The summed E-state index contributed by atoms with van der Waals surface area (Å²) in [5, 5.41) is 23.2. The van der Waals surface area contributed by atoms with Crippen LogP contribution in [0, 0.1) is 0 Å². The molecular weight excluding hydrogens is 529 g/mol. The lowest BCUT2D eigenvalue weighted by molar-refractivity contribution is -0.0616. The molecule has 0 radical (unpaired) electrons. The van der Waals surface area contributed by atoms with E-state index in [0.717, 1.165) is 10.8 Å². The minimum atomic E-state index is -3.96. The molecule has 1 saturated heterocycles. The maximum Gasteiger partial charge on any atom is 0.337 e. The van der Waals surface area contributed by atoms with Crippen LogP contribution in [-0.2, 0) is 26.0 Å². The first kappa shape index (κ1) is 28.9. The minimum absolute atomic E-state index is 0.0209. The fraction of sp³-hybridized carbons (Fsp3) is 0.455. The van der Waals surface area contributed by atoms with Crippen molar-refractivity contribution in [3.63, 3.8) is 0 Å². The van der Waals surface area contributed by atoms with Gasteiger partial charge in [0.1, 0.15) is 24.1 Å². The molecule has 15 heteroatoms. The second kappa shape index (κ2) is 12.2. The van der Waals surface area contributed by atoms with Gasteiger partial charge in [0, 0.05) is 7.11 Å². The maximum atomic E-state index is 12.4. The standard InChI is InChI=1S/C22H30N3O10PS/c1-12(2)32-21(33-14-8-6-5-7-9-14)13(3)24-36(30,37)35-15-10-25(22(29)23-19(15)28)20-18(27)17(26)16(34-20)11-31-4/h5-10,12,16-18,20,26-27H,11H2,1-4H3,(H,23,28,29)(H2,24,30,37)/t16-,17-,18-,20-,36+/m1/s1. The van der Waals surface area contributed by atoms with E-state index >= 15 is 0 Å². The van der Waals surface area contributed by atoms with Crippen LogP contribution < -0.4 is 25.6 Å². The zero-order chi connectivity index (χ0) is 27.3. The third kappa shape index (κ3) is 7.42. The lowest BCUT2D eigenvalue weighted by atomic mass is 10.1. The van der Waals surface area contributed by atoms with Gasteiger partial charge < -0.3 is 43.7 Å². The molecule has 5 atom stereocenters. The number of hydrogen-bond donors (Lipinski definition) is 5. The van der Waals surface area contributed by atoms with Crippen molar-refractivity contribution in [1.29, 1.82) is 0 Å². The number of hydrogen-bond acceptors (Lipinski definition) is 10. The number of H-pyrrole nitrogens is 1. The van der Waals surface area contributed by atoms with Gasteiger partial charge in [0.25, 0.3) is 5.56 Å². The van der Waals surface area contributed by atoms with Crippen LogP contribution in [0.3, 0.4) is 0 Å². The van der Waals surface area contributed by atoms with E-state index in [1.54, 1.807) is 38.1 Å². The number of aromatic amines is 1. The molecule has 0 amide bonds. The third-order valence-corrected chi connectivity index (χ3v) is 6.57. The first-order chi connectivity index (χ1) is 17.4. The topological polar surface area (TPSA) is 174 Å². The van der Waals surface area contributed by atoms with Crippen molar-refractivity contribution in [3.05, 3.63) is 69.0 Å². The molecule has 3 rings (SSSR count). The largest absolute Gasteiger partial charge is 0.461 e. The Morgan fingerprint density at radius 2 is 1.92 bits per heavy atom. The molecule has 2 aromatic rings. The zero-order valence-electron chi connectivity index (χ0n) is 20.6. The number of aromatic nitrogens is 2. The van der Waals surface area contributed by atoms with Crippen LogP contribution in [0.25, 0.3) is 0 Å². The molecule has 1 aliphatic rings. The first-order valence-corrected chi connectivity index (χ1v) is 13.9. The molecule has 2 heterocycles. The lowest BCUT2D eigenvalue weighted by Gasteiger charge is -2.23. The van der Waals surface area contributed by atoms with Gasteiger partial charge in [-0.05, 0) is 44.7 Å². The lowest BCUT2D eigenvalue weighted by Crippen LogP contribution is -2.38. The van der Waals surface area contributed by atoms with Gasteiger partial charge in [-0.3, -0.25) is 14.3 Å². The van der Waals surface area contributed by atoms with Crippen molar-refractivity contribution in [2.24, 2.45) is 0 Å². The normalized spacial score (nSPS) is 23.8. The van der Waals surface area contributed by atoms with Crippen LogP contribution in [0.15, 0.2) is 57.8 Å². The smallest absolute Gasteiger partial charge is 0.337 e. The van der Waals surface area contributed by atoms with Gasteiger partial charge in [-0.25, -0.2) is 4.79 Å². The molecule has 1 aromatic carbocycles. The Bertz CT molecular complexity index is 1270. The summed E-state index contributed by atoms with van der Waals surface area (Å²) in [5.74, 6) is -0.0341. The van der Waals surface area contributed by atoms with Crippen LogP contribution >= 0.6 is 6.64 Å². The molecule has 1 aromatic heterocycles. The summed E-state index contributed by atoms with van der Waals surface area (Å²) in [5.41, 5.74) is -1.73. The third-order valence-electron chi connectivity index (χ3n) is 5.01. The second-order valence-electron chi connectivity index (χ2n) is 8.38. The highest BCUT2D eigenvalue weighted by atomic mass is 32.5. The van der Waals surface area contributed by atoms with E-state index in [2.05, 4.69) is 5.09 Å². The first-order valence-electron chi connectivity index (χ1n) is 11.2. The molecule has 0 saturated carbocycles. The SMILES string of the molecule is COC[C@H]1O[C@@H](n2cc(O[P@](O)(=S)NC(C)=C(Oc3ccccc3)OC(C)C)c(=O)[nH]c2=O)[C@H](O)[C@@H]1O. The summed E-state index contributed by atoms with van der Waals surface area (Å²) in [6.07, 6.45) is -4.50. The van der Waals surface area contributed by atoms with E-state index in [4.69, 9.17) is 35.3 Å². The maximum absolute atomic E-state index is 12.4. The van der Waals surface area contributed by atoms with Gasteiger partial charge in [-0.1, -0.05) is 18.2 Å². The van der Waals surface area contributed by atoms with Gasteiger partial charge in [0.2, 0.25) is 5.75 Å². The van der Waals surface area contributed by atoms with E-state index in [-0.39, 0.29) is 24.4 Å². The Morgan fingerprint density at radius 1 is 1.24 bits per heavy atom. The van der Waals surface area contributed by atoms with E-state index < -0.39 is 48.2 Å². The van der Waals surface area contributed by atoms with Gasteiger partial charge in [-0.2, -0.15) is 0 Å². The number of aliphatic hydroxyl groups is 2. The van der Waals surface area contributed by atoms with Crippen LogP contribution in [0.4, 0.5) is 0 Å². The summed E-state index contributed by atoms with van der Waals surface area (Å²) in [4.78, 5) is 37.7. The molecule has 0 spiro atoms. The predicted octanol–water partition coefficient (Wildman–Crippen LogP) is 0.680.